The molecule has 1 aromatic carbocycles. The molecule has 2 amide bonds. The van der Waals surface area contributed by atoms with Crippen molar-refractivity contribution in [1.82, 2.24) is 19.5 Å². The van der Waals surface area contributed by atoms with E-state index in [1.165, 1.54) is 23.1 Å². The molecule has 4 N–H and O–H groups in total. The number of primary amides is 1. The van der Waals surface area contributed by atoms with Crippen LogP contribution in [0.25, 0.3) is 16.9 Å². The van der Waals surface area contributed by atoms with E-state index in [2.05, 4.69) is 20.3 Å². The Kier molecular flexibility index (Phi) is 5.19. The smallest absolute Gasteiger partial charge is 0.276 e. The average Bonchev–Trinajstić information content (AvgIpc) is 3.46. The number of para-hydroxylation sites is 1. The zero-order valence-electron chi connectivity index (χ0n) is 15.2. The maximum atomic E-state index is 12.9. The zero-order valence-corrected chi connectivity index (χ0v) is 16.9. The van der Waals surface area contributed by atoms with Crippen molar-refractivity contribution < 1.29 is 9.59 Å². The summed E-state index contributed by atoms with van der Waals surface area (Å²) in [7, 11) is 0. The highest BCUT2D eigenvalue weighted by Crippen LogP contribution is 2.27. The summed E-state index contributed by atoms with van der Waals surface area (Å²) in [6.07, 6.45) is 5.11. The number of anilines is 1. The number of hydrogen-bond acceptors (Lipinski definition) is 6. The van der Waals surface area contributed by atoms with Crippen LogP contribution in [0.5, 0.6) is 0 Å². The number of amides is 2. The second-order valence-electron chi connectivity index (χ2n) is 5.96. The number of rotatable bonds is 6. The van der Waals surface area contributed by atoms with Gasteiger partial charge in [0.15, 0.2) is 10.3 Å². The third kappa shape index (κ3) is 3.80. The molecule has 0 atom stereocenters. The number of thiazole rings is 1. The maximum Gasteiger partial charge on any atom is 0.276 e. The predicted octanol–water partition coefficient (Wildman–Crippen LogP) is 3.40. The van der Waals surface area contributed by atoms with Gasteiger partial charge in [-0.25, -0.2) is 9.97 Å². The average molecular weight is 425 g/mol. The molecule has 4 aromatic rings. The molecule has 0 aliphatic rings. The lowest BCUT2D eigenvalue weighted by atomic mass is 10.2. The second kappa shape index (κ2) is 7.94. The molecule has 29 heavy (non-hydrogen) atoms. The van der Waals surface area contributed by atoms with Crippen LogP contribution in [0.1, 0.15) is 21.0 Å². The van der Waals surface area contributed by atoms with Gasteiger partial charge in [0.1, 0.15) is 11.4 Å². The van der Waals surface area contributed by atoms with E-state index in [4.69, 9.17) is 5.73 Å². The highest BCUT2D eigenvalue weighted by atomic mass is 32.2. The van der Waals surface area contributed by atoms with Gasteiger partial charge in [-0.3, -0.25) is 19.5 Å². The molecule has 146 valence electrons. The number of thioether (sulfide) groups is 1. The van der Waals surface area contributed by atoms with E-state index < -0.39 is 5.91 Å². The molecule has 0 saturated heterocycles. The lowest BCUT2D eigenvalue weighted by Crippen LogP contribution is -2.16. The van der Waals surface area contributed by atoms with Crippen molar-refractivity contribution >= 4 is 40.0 Å². The number of carbonyl (C=O) groups is 2. The lowest BCUT2D eigenvalue weighted by molar-refractivity contribution is 0.0993. The monoisotopic (exact) mass is 424 g/mol. The molecule has 0 aliphatic carbocycles. The van der Waals surface area contributed by atoms with Crippen molar-refractivity contribution in [2.75, 3.05) is 11.6 Å². The minimum atomic E-state index is -0.543. The fourth-order valence-electron chi connectivity index (χ4n) is 2.78. The number of nitrogens with one attached hydrogen (secondary N) is 2. The summed E-state index contributed by atoms with van der Waals surface area (Å²) in [5, 5.41) is 5.78. The molecule has 8 nitrogen and oxygen atoms in total. The SMILES string of the molecule is CSc1ncc(C(=O)Nc2nc(-c3c[nH]c(C(N)=O)c3)cs2)n1-c1ccccc1. The maximum absolute atomic E-state index is 12.9. The molecule has 0 spiro atoms. The van der Waals surface area contributed by atoms with Gasteiger partial charge in [0, 0.05) is 22.8 Å². The molecule has 0 saturated carbocycles. The van der Waals surface area contributed by atoms with Crippen molar-refractivity contribution in [1.29, 1.82) is 0 Å². The minimum Gasteiger partial charge on any atom is -0.364 e. The van der Waals surface area contributed by atoms with E-state index in [0.29, 0.717) is 27.4 Å². The highest BCUT2D eigenvalue weighted by Gasteiger charge is 2.19. The molecule has 3 aromatic heterocycles. The fraction of sp³-hybridized carbons (Fsp3) is 0.0526. The van der Waals surface area contributed by atoms with Crippen molar-refractivity contribution in [2.24, 2.45) is 5.73 Å². The topological polar surface area (TPSA) is 119 Å². The van der Waals surface area contributed by atoms with E-state index >= 15 is 0 Å². The third-order valence-corrected chi connectivity index (χ3v) is 5.54. The summed E-state index contributed by atoms with van der Waals surface area (Å²) in [6.45, 7) is 0. The van der Waals surface area contributed by atoms with Crippen LogP contribution in [0, 0.1) is 0 Å². The van der Waals surface area contributed by atoms with Gasteiger partial charge >= 0.3 is 0 Å². The van der Waals surface area contributed by atoms with Crippen LogP contribution >= 0.6 is 23.1 Å². The summed E-state index contributed by atoms with van der Waals surface area (Å²) in [6, 6.07) is 11.2. The largest absolute Gasteiger partial charge is 0.364 e. The number of benzene rings is 1. The van der Waals surface area contributed by atoms with Crippen molar-refractivity contribution in [2.45, 2.75) is 5.16 Å². The molecule has 0 aliphatic heterocycles. The van der Waals surface area contributed by atoms with Gasteiger partial charge < -0.3 is 10.7 Å². The Morgan fingerprint density at radius 2 is 2.07 bits per heavy atom. The summed E-state index contributed by atoms with van der Waals surface area (Å²) in [5.41, 5.74) is 8.18. The number of nitrogens with zero attached hydrogens (tertiary/aromatic N) is 3. The molecule has 10 heteroatoms. The Bertz CT molecular complexity index is 1180. The van der Waals surface area contributed by atoms with Gasteiger partial charge in [-0.1, -0.05) is 30.0 Å². The Morgan fingerprint density at radius 3 is 2.76 bits per heavy atom. The van der Waals surface area contributed by atoms with Crippen molar-refractivity contribution in [3.8, 4) is 16.9 Å². The number of imidazole rings is 1. The fourth-order valence-corrected chi connectivity index (χ4v) is 4.03. The molecule has 0 radical (unpaired) electrons. The highest BCUT2D eigenvalue weighted by molar-refractivity contribution is 7.98. The van der Waals surface area contributed by atoms with Crippen LogP contribution in [-0.2, 0) is 0 Å². The van der Waals surface area contributed by atoms with E-state index in [1.807, 2.05) is 36.6 Å². The van der Waals surface area contributed by atoms with E-state index in [1.54, 1.807) is 28.4 Å². The van der Waals surface area contributed by atoms with Gasteiger partial charge in [-0.2, -0.15) is 0 Å². The van der Waals surface area contributed by atoms with E-state index in [-0.39, 0.29) is 5.91 Å². The van der Waals surface area contributed by atoms with Gasteiger partial charge in [0.2, 0.25) is 0 Å². The third-order valence-electron chi connectivity index (χ3n) is 4.13. The first kappa shape index (κ1) is 19.0. The van der Waals surface area contributed by atoms with Crippen LogP contribution in [0.15, 0.2) is 59.3 Å². The Morgan fingerprint density at radius 1 is 1.28 bits per heavy atom. The van der Waals surface area contributed by atoms with Crippen molar-refractivity contribution in [3.05, 3.63) is 65.6 Å². The first-order valence-electron chi connectivity index (χ1n) is 8.49. The van der Waals surface area contributed by atoms with E-state index in [9.17, 15) is 9.59 Å². The second-order valence-corrected chi connectivity index (χ2v) is 7.59. The standard InChI is InChI=1S/C19H16N6O2S2/c1-28-19-22-9-15(25(19)12-5-3-2-4-6-12)17(27)24-18-23-14(10-29-18)11-7-13(16(20)26)21-8-11/h2-10,21H,1H3,(H2,20,26)(H,23,24,27). The molecular weight excluding hydrogens is 408 g/mol. The Hall–Kier alpha value is -3.37. The van der Waals surface area contributed by atoms with Gasteiger partial charge in [0.05, 0.1) is 11.9 Å². The molecule has 0 bridgehead atoms. The summed E-state index contributed by atoms with van der Waals surface area (Å²) < 4.78 is 1.81. The molecule has 3 heterocycles. The Labute approximate surface area is 174 Å². The van der Waals surface area contributed by atoms with Crippen LogP contribution in [0.2, 0.25) is 0 Å². The summed E-state index contributed by atoms with van der Waals surface area (Å²) in [4.78, 5) is 35.7. The van der Waals surface area contributed by atoms with Crippen LogP contribution in [0.3, 0.4) is 0 Å². The normalized spacial score (nSPS) is 10.8. The van der Waals surface area contributed by atoms with Crippen LogP contribution < -0.4 is 11.1 Å². The van der Waals surface area contributed by atoms with Gasteiger partial charge in [-0.15, -0.1) is 11.3 Å². The number of nitrogens with two attached hydrogens (primary N) is 1. The number of aromatic nitrogens is 4. The summed E-state index contributed by atoms with van der Waals surface area (Å²) >= 11 is 2.75. The Balaban J connectivity index is 1.59. The number of H-pyrrole nitrogens is 1. The predicted molar refractivity (Wildman–Crippen MR) is 114 cm³/mol. The van der Waals surface area contributed by atoms with Crippen LogP contribution in [0.4, 0.5) is 5.13 Å². The zero-order chi connectivity index (χ0) is 20.4. The quantitative estimate of drug-likeness (QED) is 0.410. The molecular formula is C19H16N6O2S2. The number of aromatic amines is 1. The molecule has 0 unspecified atom stereocenters. The van der Waals surface area contributed by atoms with E-state index in [0.717, 1.165) is 11.3 Å². The number of hydrogen-bond donors (Lipinski definition) is 3. The van der Waals surface area contributed by atoms with Gasteiger partial charge in [0.25, 0.3) is 11.8 Å². The first-order valence-corrected chi connectivity index (χ1v) is 10.6. The van der Waals surface area contributed by atoms with Crippen molar-refractivity contribution in [3.63, 3.8) is 0 Å². The number of carbonyl (C=O) groups excluding carboxylic acids is 2. The molecule has 0 fully saturated rings. The molecule has 4 rings (SSSR count). The summed E-state index contributed by atoms with van der Waals surface area (Å²) in [5.74, 6) is -0.853. The minimum absolute atomic E-state index is 0.301. The lowest BCUT2D eigenvalue weighted by Gasteiger charge is -2.10. The first-order chi connectivity index (χ1) is 14.1. The van der Waals surface area contributed by atoms with Gasteiger partial charge in [-0.05, 0) is 24.5 Å². The van der Waals surface area contributed by atoms with Crippen LogP contribution in [-0.4, -0.2) is 37.6 Å².